The number of benzene rings is 1. The van der Waals surface area contributed by atoms with Crippen molar-refractivity contribution < 1.29 is 9.53 Å². The fraction of sp³-hybridized carbons (Fsp3) is 0.588. The van der Waals surface area contributed by atoms with Crippen molar-refractivity contribution in [2.24, 2.45) is 5.92 Å². The van der Waals surface area contributed by atoms with Crippen molar-refractivity contribution in [3.63, 3.8) is 0 Å². The number of methoxy groups -OCH3 is 1. The minimum atomic E-state index is -0.0685. The number of carbonyl (C=O) groups excluding carboxylic acids is 1. The van der Waals surface area contributed by atoms with Gasteiger partial charge in [0.25, 0.3) is 0 Å². The van der Waals surface area contributed by atoms with Crippen molar-refractivity contribution in [3.8, 4) is 0 Å². The van der Waals surface area contributed by atoms with Crippen molar-refractivity contribution in [3.05, 3.63) is 34.9 Å². The molecule has 0 aliphatic rings. The minimum absolute atomic E-state index is 0.0213. The van der Waals surface area contributed by atoms with Crippen LogP contribution in [-0.4, -0.2) is 19.1 Å². The standard InChI is InChI=1S/C17H26ClNO2/c1-12(2)5-10-16(14-6-8-15(18)9-7-14)19-17(20)11-13(3)21-4/h6-9,12-13,16H,5,10-11H2,1-4H3,(H,19,20). The van der Waals surface area contributed by atoms with Gasteiger partial charge in [-0.15, -0.1) is 0 Å². The third kappa shape index (κ3) is 6.96. The Kier molecular flexibility index (Phi) is 7.76. The van der Waals surface area contributed by atoms with Gasteiger partial charge in [-0.3, -0.25) is 4.79 Å². The lowest BCUT2D eigenvalue weighted by molar-refractivity contribution is -0.124. The molecule has 1 aromatic carbocycles. The average Bonchev–Trinajstić information content (AvgIpc) is 2.44. The van der Waals surface area contributed by atoms with Crippen LogP contribution >= 0.6 is 11.6 Å². The van der Waals surface area contributed by atoms with Crippen molar-refractivity contribution in [2.45, 2.75) is 52.2 Å². The fourth-order valence-electron chi connectivity index (χ4n) is 2.11. The van der Waals surface area contributed by atoms with E-state index in [0.29, 0.717) is 17.4 Å². The summed E-state index contributed by atoms with van der Waals surface area (Å²) < 4.78 is 5.14. The molecule has 2 unspecified atom stereocenters. The molecule has 1 amide bonds. The fourth-order valence-corrected chi connectivity index (χ4v) is 2.24. The van der Waals surface area contributed by atoms with Crippen molar-refractivity contribution in [1.82, 2.24) is 5.32 Å². The van der Waals surface area contributed by atoms with Crippen LogP contribution in [0.2, 0.25) is 5.02 Å². The van der Waals surface area contributed by atoms with Gasteiger partial charge in [0.15, 0.2) is 0 Å². The first kappa shape index (κ1) is 18.0. The molecule has 1 aromatic rings. The van der Waals surface area contributed by atoms with Gasteiger partial charge < -0.3 is 10.1 Å². The van der Waals surface area contributed by atoms with E-state index in [1.54, 1.807) is 7.11 Å². The summed E-state index contributed by atoms with van der Waals surface area (Å²) in [6.45, 7) is 6.27. The summed E-state index contributed by atoms with van der Waals surface area (Å²) in [6.07, 6.45) is 2.29. The second-order valence-electron chi connectivity index (χ2n) is 5.89. The number of hydrogen-bond acceptors (Lipinski definition) is 2. The highest BCUT2D eigenvalue weighted by molar-refractivity contribution is 6.30. The van der Waals surface area contributed by atoms with E-state index in [1.807, 2.05) is 31.2 Å². The summed E-state index contributed by atoms with van der Waals surface area (Å²) in [5, 5.41) is 3.82. The molecule has 0 spiro atoms. The van der Waals surface area contributed by atoms with E-state index >= 15 is 0 Å². The number of ether oxygens (including phenoxy) is 1. The Morgan fingerprint density at radius 2 is 1.81 bits per heavy atom. The van der Waals surface area contributed by atoms with Crippen LogP contribution in [0.15, 0.2) is 24.3 Å². The van der Waals surface area contributed by atoms with Crippen LogP contribution in [0.25, 0.3) is 0 Å². The normalized spacial score (nSPS) is 14.0. The zero-order valence-electron chi connectivity index (χ0n) is 13.4. The number of nitrogens with one attached hydrogen (secondary N) is 1. The largest absolute Gasteiger partial charge is 0.381 e. The molecule has 0 aliphatic carbocycles. The molecule has 0 bridgehead atoms. The Labute approximate surface area is 133 Å². The number of rotatable bonds is 8. The number of halogens is 1. The van der Waals surface area contributed by atoms with Crippen molar-refractivity contribution in [1.29, 1.82) is 0 Å². The summed E-state index contributed by atoms with van der Waals surface area (Å²) in [7, 11) is 1.62. The molecule has 0 aliphatic heterocycles. The Bertz CT molecular complexity index is 431. The average molecular weight is 312 g/mol. The lowest BCUT2D eigenvalue weighted by Gasteiger charge is -2.21. The number of amides is 1. The van der Waals surface area contributed by atoms with Crippen LogP contribution in [0.4, 0.5) is 0 Å². The molecular weight excluding hydrogens is 286 g/mol. The second-order valence-corrected chi connectivity index (χ2v) is 6.33. The van der Waals surface area contributed by atoms with Gasteiger partial charge >= 0.3 is 0 Å². The molecule has 1 rings (SSSR count). The Morgan fingerprint density at radius 3 is 2.33 bits per heavy atom. The highest BCUT2D eigenvalue weighted by Gasteiger charge is 2.16. The zero-order valence-corrected chi connectivity index (χ0v) is 14.1. The van der Waals surface area contributed by atoms with Crippen LogP contribution in [-0.2, 0) is 9.53 Å². The van der Waals surface area contributed by atoms with Gasteiger partial charge in [0.2, 0.25) is 5.91 Å². The molecule has 0 radical (unpaired) electrons. The maximum atomic E-state index is 12.1. The zero-order chi connectivity index (χ0) is 15.8. The van der Waals surface area contributed by atoms with Crippen LogP contribution in [0.3, 0.4) is 0 Å². The molecule has 2 atom stereocenters. The summed E-state index contributed by atoms with van der Waals surface area (Å²) in [5.74, 6) is 0.627. The Hall–Kier alpha value is -1.06. The molecule has 21 heavy (non-hydrogen) atoms. The second kappa shape index (κ2) is 9.06. The lowest BCUT2D eigenvalue weighted by Crippen LogP contribution is -2.31. The molecule has 3 nitrogen and oxygen atoms in total. The molecule has 0 fully saturated rings. The molecule has 1 N–H and O–H groups in total. The van der Waals surface area contributed by atoms with Gasteiger partial charge in [0, 0.05) is 12.1 Å². The minimum Gasteiger partial charge on any atom is -0.381 e. The Balaban J connectivity index is 2.72. The van der Waals surface area contributed by atoms with Gasteiger partial charge in [0.05, 0.1) is 18.6 Å². The highest BCUT2D eigenvalue weighted by Crippen LogP contribution is 2.23. The van der Waals surface area contributed by atoms with Crippen LogP contribution < -0.4 is 5.32 Å². The number of hydrogen-bond donors (Lipinski definition) is 1. The molecule has 0 aromatic heterocycles. The third-order valence-electron chi connectivity index (χ3n) is 3.52. The van der Waals surface area contributed by atoms with Gasteiger partial charge in [-0.2, -0.15) is 0 Å². The van der Waals surface area contributed by atoms with Gasteiger partial charge in [-0.1, -0.05) is 37.6 Å². The SMILES string of the molecule is COC(C)CC(=O)NC(CCC(C)C)c1ccc(Cl)cc1. The van der Waals surface area contributed by atoms with Crippen LogP contribution in [0.5, 0.6) is 0 Å². The van der Waals surface area contributed by atoms with E-state index in [4.69, 9.17) is 16.3 Å². The van der Waals surface area contributed by atoms with Gasteiger partial charge in [-0.05, 0) is 43.4 Å². The monoisotopic (exact) mass is 311 g/mol. The molecule has 4 heteroatoms. The maximum absolute atomic E-state index is 12.1. The smallest absolute Gasteiger partial charge is 0.223 e. The van der Waals surface area contributed by atoms with Crippen molar-refractivity contribution in [2.75, 3.05) is 7.11 Å². The molecule has 0 saturated carbocycles. The number of carbonyl (C=O) groups is 1. The summed E-state index contributed by atoms with van der Waals surface area (Å²) in [6, 6.07) is 7.72. The molecular formula is C17H26ClNO2. The van der Waals surface area contributed by atoms with E-state index in [0.717, 1.165) is 18.4 Å². The third-order valence-corrected chi connectivity index (χ3v) is 3.77. The summed E-state index contributed by atoms with van der Waals surface area (Å²) >= 11 is 5.93. The maximum Gasteiger partial charge on any atom is 0.223 e. The van der Waals surface area contributed by atoms with E-state index in [9.17, 15) is 4.79 Å². The predicted molar refractivity (Wildman–Crippen MR) is 87.5 cm³/mol. The van der Waals surface area contributed by atoms with E-state index in [2.05, 4.69) is 19.2 Å². The summed E-state index contributed by atoms with van der Waals surface area (Å²) in [5.41, 5.74) is 1.10. The molecule has 0 heterocycles. The highest BCUT2D eigenvalue weighted by atomic mass is 35.5. The van der Waals surface area contributed by atoms with Crippen LogP contribution in [0.1, 0.15) is 51.6 Å². The van der Waals surface area contributed by atoms with E-state index in [1.165, 1.54) is 0 Å². The topological polar surface area (TPSA) is 38.3 Å². The quantitative estimate of drug-likeness (QED) is 0.774. The van der Waals surface area contributed by atoms with E-state index in [-0.39, 0.29) is 18.1 Å². The van der Waals surface area contributed by atoms with E-state index < -0.39 is 0 Å². The lowest BCUT2D eigenvalue weighted by atomic mass is 9.97. The van der Waals surface area contributed by atoms with Crippen LogP contribution in [0, 0.1) is 5.92 Å². The summed E-state index contributed by atoms with van der Waals surface area (Å²) in [4.78, 5) is 12.1. The van der Waals surface area contributed by atoms with Crippen molar-refractivity contribution >= 4 is 17.5 Å². The molecule has 118 valence electrons. The Morgan fingerprint density at radius 1 is 1.19 bits per heavy atom. The first-order valence-corrected chi connectivity index (χ1v) is 7.87. The van der Waals surface area contributed by atoms with Gasteiger partial charge in [0.1, 0.15) is 0 Å². The first-order chi connectivity index (χ1) is 9.92. The van der Waals surface area contributed by atoms with Gasteiger partial charge in [-0.25, -0.2) is 0 Å². The first-order valence-electron chi connectivity index (χ1n) is 7.50. The molecule has 0 saturated heterocycles. The predicted octanol–water partition coefficient (Wildman–Crippen LogP) is 4.36.